The van der Waals surface area contributed by atoms with Crippen LogP contribution in [0.15, 0.2) is 0 Å². The summed E-state index contributed by atoms with van der Waals surface area (Å²) in [5.41, 5.74) is 0. The summed E-state index contributed by atoms with van der Waals surface area (Å²) in [6, 6.07) is 0. The fraction of sp³-hybridized carbons (Fsp3) is 0.778. The Kier molecular flexibility index (Phi) is 5.47. The Morgan fingerprint density at radius 2 is 2.29 bits per heavy atom. The summed E-state index contributed by atoms with van der Waals surface area (Å²) in [7, 11) is 0. The molecule has 0 fully saturated rings. The van der Waals surface area contributed by atoms with Crippen LogP contribution in [0.3, 0.4) is 0 Å². The van der Waals surface area contributed by atoms with Gasteiger partial charge in [0.15, 0.2) is 0 Å². The largest absolute Gasteiger partial charge is 0.396 e. The quantitative estimate of drug-likeness (QED) is 0.679. The Bertz CT molecular complexity index is 252. The van der Waals surface area contributed by atoms with Crippen molar-refractivity contribution in [1.29, 1.82) is 0 Å². The van der Waals surface area contributed by atoms with E-state index >= 15 is 0 Å². The van der Waals surface area contributed by atoms with Gasteiger partial charge in [-0.3, -0.25) is 0 Å². The summed E-state index contributed by atoms with van der Waals surface area (Å²) in [4.78, 5) is 4.33. The molecule has 1 aromatic rings. The standard InChI is InChI=1S/C9H17N3OS/c1-2-5-8-11-9(14-12-8)10-6-3-4-7-13/h13H,2-7H2,1H3,(H,10,11,12). The van der Waals surface area contributed by atoms with E-state index in [1.807, 2.05) is 0 Å². The molecule has 0 amide bonds. The van der Waals surface area contributed by atoms with Crippen molar-refractivity contribution >= 4 is 16.7 Å². The van der Waals surface area contributed by atoms with Gasteiger partial charge in [-0.15, -0.1) is 0 Å². The first-order valence-electron chi connectivity index (χ1n) is 5.04. The summed E-state index contributed by atoms with van der Waals surface area (Å²) >= 11 is 1.41. The van der Waals surface area contributed by atoms with Crippen LogP contribution in [-0.4, -0.2) is 27.6 Å². The van der Waals surface area contributed by atoms with Gasteiger partial charge in [0.2, 0.25) is 5.13 Å². The Labute approximate surface area is 88.6 Å². The van der Waals surface area contributed by atoms with Gasteiger partial charge < -0.3 is 10.4 Å². The molecule has 1 heterocycles. The molecule has 4 nitrogen and oxygen atoms in total. The van der Waals surface area contributed by atoms with Gasteiger partial charge >= 0.3 is 0 Å². The third kappa shape index (κ3) is 4.02. The first-order valence-corrected chi connectivity index (χ1v) is 5.81. The smallest absolute Gasteiger partial charge is 0.202 e. The lowest BCUT2D eigenvalue weighted by atomic mass is 10.3. The third-order valence-corrected chi connectivity index (χ3v) is 2.51. The second-order valence-electron chi connectivity index (χ2n) is 3.12. The van der Waals surface area contributed by atoms with Crippen molar-refractivity contribution in [2.75, 3.05) is 18.5 Å². The number of unbranched alkanes of at least 4 members (excludes halogenated alkanes) is 1. The van der Waals surface area contributed by atoms with Crippen LogP contribution in [0.1, 0.15) is 32.0 Å². The van der Waals surface area contributed by atoms with E-state index in [0.717, 1.165) is 43.2 Å². The van der Waals surface area contributed by atoms with Gasteiger partial charge in [-0.2, -0.15) is 4.37 Å². The first-order chi connectivity index (χ1) is 6.86. The molecule has 5 heteroatoms. The van der Waals surface area contributed by atoms with E-state index in [1.165, 1.54) is 11.5 Å². The zero-order chi connectivity index (χ0) is 10.2. The Morgan fingerprint density at radius 1 is 1.43 bits per heavy atom. The molecule has 0 aliphatic heterocycles. The maximum atomic E-state index is 8.58. The predicted molar refractivity (Wildman–Crippen MR) is 58.7 cm³/mol. The van der Waals surface area contributed by atoms with Crippen LogP contribution < -0.4 is 5.32 Å². The number of aryl methyl sites for hydroxylation is 1. The minimum Gasteiger partial charge on any atom is -0.396 e. The zero-order valence-electron chi connectivity index (χ0n) is 8.49. The van der Waals surface area contributed by atoms with Crippen LogP contribution in [0.2, 0.25) is 0 Å². The molecule has 0 radical (unpaired) electrons. The molecule has 2 N–H and O–H groups in total. The SMILES string of the molecule is CCCc1nsc(NCCCCO)n1. The maximum absolute atomic E-state index is 8.58. The number of hydrogen-bond acceptors (Lipinski definition) is 5. The van der Waals surface area contributed by atoms with E-state index in [0.29, 0.717) is 0 Å². The van der Waals surface area contributed by atoms with E-state index in [-0.39, 0.29) is 6.61 Å². The highest BCUT2D eigenvalue weighted by Crippen LogP contribution is 2.11. The number of aliphatic hydroxyl groups is 1. The number of aromatic nitrogens is 2. The minimum atomic E-state index is 0.263. The summed E-state index contributed by atoms with van der Waals surface area (Å²) in [6.07, 6.45) is 3.85. The molecule has 0 aromatic carbocycles. The van der Waals surface area contributed by atoms with Crippen LogP contribution in [0.5, 0.6) is 0 Å². The van der Waals surface area contributed by atoms with Crippen molar-refractivity contribution in [2.24, 2.45) is 0 Å². The van der Waals surface area contributed by atoms with E-state index < -0.39 is 0 Å². The number of hydrogen-bond donors (Lipinski definition) is 2. The van der Waals surface area contributed by atoms with Crippen LogP contribution in [0, 0.1) is 0 Å². The molecular weight excluding hydrogens is 198 g/mol. The fourth-order valence-corrected chi connectivity index (χ4v) is 1.72. The summed E-state index contributed by atoms with van der Waals surface area (Å²) in [6.45, 7) is 3.25. The topological polar surface area (TPSA) is 58.0 Å². The van der Waals surface area contributed by atoms with Crippen LogP contribution in [0.4, 0.5) is 5.13 Å². The summed E-state index contributed by atoms with van der Waals surface area (Å²) < 4.78 is 4.22. The van der Waals surface area contributed by atoms with Gasteiger partial charge in [-0.25, -0.2) is 4.98 Å². The average Bonchev–Trinajstić information content (AvgIpc) is 2.61. The van der Waals surface area contributed by atoms with Crippen molar-refractivity contribution in [2.45, 2.75) is 32.6 Å². The average molecular weight is 215 g/mol. The Hall–Kier alpha value is -0.680. The molecule has 1 aromatic heterocycles. The first kappa shape index (κ1) is 11.4. The second-order valence-corrected chi connectivity index (χ2v) is 3.88. The van der Waals surface area contributed by atoms with E-state index in [4.69, 9.17) is 5.11 Å². The Balaban J connectivity index is 2.22. The van der Waals surface area contributed by atoms with Gasteiger partial charge in [0.1, 0.15) is 5.82 Å². The van der Waals surface area contributed by atoms with Gasteiger partial charge in [0.05, 0.1) is 0 Å². The third-order valence-electron chi connectivity index (χ3n) is 1.80. The number of aliphatic hydroxyl groups excluding tert-OH is 1. The number of rotatable bonds is 7. The van der Waals surface area contributed by atoms with Gasteiger partial charge in [0, 0.05) is 31.1 Å². The van der Waals surface area contributed by atoms with Gasteiger partial charge in [-0.05, 0) is 19.3 Å². The van der Waals surface area contributed by atoms with Gasteiger partial charge in [0.25, 0.3) is 0 Å². The number of nitrogens with one attached hydrogen (secondary N) is 1. The highest BCUT2D eigenvalue weighted by molar-refractivity contribution is 7.09. The minimum absolute atomic E-state index is 0.263. The number of nitrogens with zero attached hydrogens (tertiary/aromatic N) is 2. The highest BCUT2D eigenvalue weighted by atomic mass is 32.1. The molecule has 0 saturated heterocycles. The summed E-state index contributed by atoms with van der Waals surface area (Å²) in [5, 5.41) is 12.7. The van der Waals surface area contributed by atoms with Crippen molar-refractivity contribution in [3.05, 3.63) is 5.82 Å². The van der Waals surface area contributed by atoms with Crippen molar-refractivity contribution in [3.8, 4) is 0 Å². The second kappa shape index (κ2) is 6.73. The lowest BCUT2D eigenvalue weighted by molar-refractivity contribution is 0.286. The van der Waals surface area contributed by atoms with Gasteiger partial charge in [-0.1, -0.05) is 6.92 Å². The highest BCUT2D eigenvalue weighted by Gasteiger charge is 2.01. The normalized spacial score (nSPS) is 10.4. The van der Waals surface area contributed by atoms with Crippen molar-refractivity contribution in [3.63, 3.8) is 0 Å². The molecule has 80 valence electrons. The molecule has 0 saturated carbocycles. The van der Waals surface area contributed by atoms with Crippen LogP contribution >= 0.6 is 11.5 Å². The Morgan fingerprint density at radius 3 is 3.00 bits per heavy atom. The lowest BCUT2D eigenvalue weighted by Crippen LogP contribution is -2.02. The van der Waals surface area contributed by atoms with E-state index in [1.54, 1.807) is 0 Å². The van der Waals surface area contributed by atoms with Crippen molar-refractivity contribution in [1.82, 2.24) is 9.36 Å². The molecule has 0 atom stereocenters. The molecular formula is C9H17N3OS. The van der Waals surface area contributed by atoms with Crippen molar-refractivity contribution < 1.29 is 5.11 Å². The van der Waals surface area contributed by atoms with E-state index in [9.17, 15) is 0 Å². The molecule has 1 rings (SSSR count). The molecule has 0 unspecified atom stereocenters. The molecule has 0 aliphatic carbocycles. The van der Waals surface area contributed by atoms with Crippen LogP contribution in [-0.2, 0) is 6.42 Å². The lowest BCUT2D eigenvalue weighted by Gasteiger charge is -1.99. The maximum Gasteiger partial charge on any atom is 0.202 e. The molecule has 0 spiro atoms. The monoisotopic (exact) mass is 215 g/mol. The summed E-state index contributed by atoms with van der Waals surface area (Å²) in [5.74, 6) is 0.933. The molecule has 0 aliphatic rings. The van der Waals surface area contributed by atoms with E-state index in [2.05, 4.69) is 21.6 Å². The van der Waals surface area contributed by atoms with Crippen LogP contribution in [0.25, 0.3) is 0 Å². The molecule has 14 heavy (non-hydrogen) atoms. The molecule has 0 bridgehead atoms. The number of anilines is 1. The fourth-order valence-electron chi connectivity index (χ4n) is 1.08. The predicted octanol–water partition coefficient (Wildman–Crippen LogP) is 1.67. The zero-order valence-corrected chi connectivity index (χ0v) is 9.31.